The quantitative estimate of drug-likeness (QED) is 0.490. The van der Waals surface area contributed by atoms with E-state index in [0.29, 0.717) is 0 Å². The zero-order valence-electron chi connectivity index (χ0n) is 7.89. The first-order valence-electron chi connectivity index (χ1n) is 4.03. The van der Waals surface area contributed by atoms with Gasteiger partial charge in [0.25, 0.3) is 0 Å². The molecule has 0 aliphatic rings. The smallest absolute Gasteiger partial charge is 0.307 e. The number of carbonyl (C=O) groups excluding carboxylic acids is 1. The van der Waals surface area contributed by atoms with Gasteiger partial charge in [-0.25, -0.2) is 9.98 Å². The van der Waals surface area contributed by atoms with Gasteiger partial charge in [-0.1, -0.05) is 0 Å². The van der Waals surface area contributed by atoms with Gasteiger partial charge in [-0.15, -0.1) is 0 Å². The molecule has 0 rings (SSSR count). The van der Waals surface area contributed by atoms with E-state index in [2.05, 4.69) is 20.7 Å². The summed E-state index contributed by atoms with van der Waals surface area (Å²) in [6, 6.07) is 2.30. The minimum Gasteiger partial charge on any atom is -0.481 e. The number of aliphatic imine (C=N–C) groups is 2. The zero-order valence-corrected chi connectivity index (χ0v) is 7.89. The summed E-state index contributed by atoms with van der Waals surface area (Å²) in [6.07, 6.45) is 0.136. The molecule has 0 aromatic rings. The van der Waals surface area contributed by atoms with E-state index in [-0.39, 0.29) is 31.9 Å². The van der Waals surface area contributed by atoms with Crippen molar-refractivity contribution in [3.63, 3.8) is 0 Å². The third-order valence-electron chi connectivity index (χ3n) is 1.23. The van der Waals surface area contributed by atoms with Crippen LogP contribution in [0.15, 0.2) is 9.98 Å². The average molecular weight is 200 g/mol. The predicted octanol–water partition coefficient (Wildman–Crippen LogP) is 0.198. The molecule has 1 N–H and O–H groups in total. The van der Waals surface area contributed by atoms with Crippen molar-refractivity contribution in [1.29, 1.82) is 0 Å². The van der Waals surface area contributed by atoms with Crippen LogP contribution in [-0.2, 0) is 14.3 Å². The molecule has 78 valence electrons. The van der Waals surface area contributed by atoms with Crippen molar-refractivity contribution in [2.75, 3.05) is 20.2 Å². The Hall–Kier alpha value is -1.68. The van der Waals surface area contributed by atoms with Crippen LogP contribution in [0.3, 0.4) is 0 Å². The summed E-state index contributed by atoms with van der Waals surface area (Å²) < 4.78 is 4.37. The van der Waals surface area contributed by atoms with Crippen LogP contribution in [-0.4, -0.2) is 43.3 Å². The monoisotopic (exact) mass is 200 g/mol. The van der Waals surface area contributed by atoms with Gasteiger partial charge >= 0.3 is 11.9 Å². The number of carboxylic acids is 1. The van der Waals surface area contributed by atoms with E-state index in [1.807, 2.05) is 0 Å². The molecule has 6 heteroatoms. The third kappa shape index (κ3) is 8.42. The fourth-order valence-corrected chi connectivity index (χ4v) is 0.551. The third-order valence-corrected chi connectivity index (χ3v) is 1.23. The molecule has 0 saturated heterocycles. The molecule has 0 atom stereocenters. The maximum absolute atomic E-state index is 10.6. The Morgan fingerprint density at radius 3 is 2.36 bits per heavy atom. The molecule has 0 radical (unpaired) electrons. The molecule has 14 heavy (non-hydrogen) atoms. The van der Waals surface area contributed by atoms with Gasteiger partial charge in [0.05, 0.1) is 39.0 Å². The number of aliphatic carboxylic acids is 1. The SMILES string of the molecule is COC(=O)CCN=C=NCCC(=O)O. The highest BCUT2D eigenvalue weighted by Crippen LogP contribution is 1.84. The normalized spacial score (nSPS) is 8.64. The first-order chi connectivity index (χ1) is 6.66. The van der Waals surface area contributed by atoms with Crippen LogP contribution in [0.5, 0.6) is 0 Å². The summed E-state index contributed by atoms with van der Waals surface area (Å²) >= 11 is 0. The first-order valence-corrected chi connectivity index (χ1v) is 4.03. The van der Waals surface area contributed by atoms with Gasteiger partial charge in [-0.2, -0.15) is 0 Å². The van der Waals surface area contributed by atoms with Crippen molar-refractivity contribution in [3.05, 3.63) is 0 Å². The van der Waals surface area contributed by atoms with Crippen LogP contribution in [0.4, 0.5) is 0 Å². The number of hydrogen-bond donors (Lipinski definition) is 1. The molecule has 0 aliphatic heterocycles. The molecule has 0 amide bonds. The maximum atomic E-state index is 10.6. The van der Waals surface area contributed by atoms with Crippen molar-refractivity contribution in [2.45, 2.75) is 12.8 Å². The van der Waals surface area contributed by atoms with Crippen molar-refractivity contribution in [2.24, 2.45) is 9.98 Å². The fourth-order valence-electron chi connectivity index (χ4n) is 0.551. The minimum atomic E-state index is -0.912. The largest absolute Gasteiger partial charge is 0.481 e. The Bertz CT molecular complexity index is 256. The van der Waals surface area contributed by atoms with Gasteiger partial charge in [-0.3, -0.25) is 9.59 Å². The van der Waals surface area contributed by atoms with Gasteiger partial charge in [0.1, 0.15) is 0 Å². The number of rotatable bonds is 6. The Morgan fingerprint density at radius 2 is 1.86 bits per heavy atom. The molecule has 0 aromatic carbocycles. The Morgan fingerprint density at radius 1 is 1.29 bits per heavy atom. The predicted molar refractivity (Wildman–Crippen MR) is 48.5 cm³/mol. The van der Waals surface area contributed by atoms with Crippen molar-refractivity contribution in [1.82, 2.24) is 0 Å². The van der Waals surface area contributed by atoms with Gasteiger partial charge in [0.2, 0.25) is 0 Å². The first kappa shape index (κ1) is 12.3. The van der Waals surface area contributed by atoms with Crippen LogP contribution in [0, 0.1) is 0 Å². The molecular formula is C8H12N2O4. The lowest BCUT2D eigenvalue weighted by Crippen LogP contribution is -2.01. The summed E-state index contributed by atoms with van der Waals surface area (Å²) in [4.78, 5) is 27.8. The lowest BCUT2D eigenvalue weighted by atomic mass is 10.4. The summed E-state index contributed by atoms with van der Waals surface area (Å²) in [5.41, 5.74) is 0. The highest BCUT2D eigenvalue weighted by molar-refractivity contribution is 5.69. The van der Waals surface area contributed by atoms with E-state index >= 15 is 0 Å². The molecule has 6 nitrogen and oxygen atoms in total. The number of carboxylic acid groups (broad SMARTS) is 1. The molecule has 0 bridgehead atoms. The average Bonchev–Trinajstić information content (AvgIpc) is 2.15. The number of nitrogens with zero attached hydrogens (tertiary/aromatic N) is 2. The molecular weight excluding hydrogens is 188 g/mol. The standard InChI is InChI=1S/C8H12N2O4/c1-14-8(13)3-5-10-6-9-4-2-7(11)12/h2-5H2,1H3,(H,11,12). The Kier molecular flexibility index (Phi) is 6.99. The summed E-state index contributed by atoms with van der Waals surface area (Å²) in [5.74, 6) is -1.26. The van der Waals surface area contributed by atoms with Crippen LogP contribution in [0.25, 0.3) is 0 Å². The second-order valence-electron chi connectivity index (χ2n) is 2.33. The summed E-state index contributed by atoms with van der Waals surface area (Å²) in [7, 11) is 1.30. The highest BCUT2D eigenvalue weighted by Gasteiger charge is 1.96. The molecule has 0 aromatic heterocycles. The number of hydrogen-bond acceptors (Lipinski definition) is 5. The maximum Gasteiger partial charge on any atom is 0.307 e. The fraction of sp³-hybridized carbons (Fsp3) is 0.625. The molecule has 0 unspecified atom stereocenters. The van der Waals surface area contributed by atoms with E-state index in [1.165, 1.54) is 7.11 Å². The van der Waals surface area contributed by atoms with Crippen LogP contribution >= 0.6 is 0 Å². The van der Waals surface area contributed by atoms with E-state index in [1.54, 1.807) is 0 Å². The number of ether oxygens (including phenoxy) is 1. The summed E-state index contributed by atoms with van der Waals surface area (Å²) in [6.45, 7) is 0.403. The Labute approximate surface area is 81.3 Å². The van der Waals surface area contributed by atoms with Gasteiger partial charge in [0.15, 0.2) is 0 Å². The summed E-state index contributed by atoms with van der Waals surface area (Å²) in [5, 5.41) is 8.24. The van der Waals surface area contributed by atoms with E-state index in [4.69, 9.17) is 5.11 Å². The van der Waals surface area contributed by atoms with E-state index < -0.39 is 5.97 Å². The van der Waals surface area contributed by atoms with Crippen LogP contribution in [0.1, 0.15) is 12.8 Å². The minimum absolute atomic E-state index is 0.0421. The highest BCUT2D eigenvalue weighted by atomic mass is 16.5. The number of carbonyl (C=O) groups is 2. The van der Waals surface area contributed by atoms with Gasteiger partial charge in [0, 0.05) is 0 Å². The van der Waals surface area contributed by atoms with E-state index in [0.717, 1.165) is 0 Å². The Balaban J connectivity index is 3.51. The molecule has 0 aliphatic carbocycles. The second-order valence-corrected chi connectivity index (χ2v) is 2.33. The topological polar surface area (TPSA) is 88.3 Å². The molecule has 0 heterocycles. The van der Waals surface area contributed by atoms with Crippen molar-refractivity contribution < 1.29 is 19.4 Å². The van der Waals surface area contributed by atoms with E-state index in [9.17, 15) is 9.59 Å². The van der Waals surface area contributed by atoms with Crippen molar-refractivity contribution in [3.8, 4) is 0 Å². The van der Waals surface area contributed by atoms with Crippen molar-refractivity contribution >= 4 is 17.9 Å². The van der Waals surface area contributed by atoms with Crippen LogP contribution in [0.2, 0.25) is 0 Å². The molecule has 0 fully saturated rings. The number of esters is 1. The number of methoxy groups -OCH3 is 1. The van der Waals surface area contributed by atoms with Crippen LogP contribution < -0.4 is 0 Å². The second kappa shape index (κ2) is 7.94. The van der Waals surface area contributed by atoms with Gasteiger partial charge < -0.3 is 9.84 Å². The zero-order chi connectivity index (χ0) is 10.8. The van der Waals surface area contributed by atoms with Gasteiger partial charge in [-0.05, 0) is 0 Å². The molecule has 0 saturated carbocycles. The lowest BCUT2D eigenvalue weighted by Gasteiger charge is -1.91. The molecule has 0 spiro atoms. The lowest BCUT2D eigenvalue weighted by molar-refractivity contribution is -0.140.